The summed E-state index contributed by atoms with van der Waals surface area (Å²) in [6.45, 7) is 0. The molecule has 0 radical (unpaired) electrons. The second kappa shape index (κ2) is 7.50. The van der Waals surface area contributed by atoms with Gasteiger partial charge in [-0.15, -0.1) is 0 Å². The number of rotatable bonds is 3. The fraction of sp³-hybridized carbons (Fsp3) is 0. The van der Waals surface area contributed by atoms with Gasteiger partial charge in [-0.3, -0.25) is 9.97 Å². The Bertz CT molecular complexity index is 1790. The fourth-order valence-corrected chi connectivity index (χ4v) is 5.23. The molecule has 34 heavy (non-hydrogen) atoms. The average Bonchev–Trinajstić information content (AvgIpc) is 2.92. The van der Waals surface area contributed by atoms with Crippen LogP contribution in [0.4, 0.5) is 0 Å². The zero-order valence-corrected chi connectivity index (χ0v) is 18.4. The third-order valence-corrected chi connectivity index (χ3v) is 6.81. The molecular formula is C32H20N2. The van der Waals surface area contributed by atoms with Gasteiger partial charge in [-0.05, 0) is 72.8 Å². The molecular weight excluding hydrogens is 412 g/mol. The van der Waals surface area contributed by atoms with Gasteiger partial charge in [-0.1, -0.05) is 78.9 Å². The van der Waals surface area contributed by atoms with Crippen LogP contribution in [-0.4, -0.2) is 9.97 Å². The molecule has 5 aromatic carbocycles. The molecule has 2 aromatic heterocycles. The second-order valence-corrected chi connectivity index (χ2v) is 8.71. The predicted octanol–water partition coefficient (Wildman–Crippen LogP) is 8.38. The van der Waals surface area contributed by atoms with Crippen molar-refractivity contribution in [2.24, 2.45) is 0 Å². The molecule has 0 N–H and O–H groups in total. The van der Waals surface area contributed by atoms with Crippen molar-refractivity contribution in [1.29, 1.82) is 0 Å². The summed E-state index contributed by atoms with van der Waals surface area (Å²) in [6.07, 6.45) is 7.50. The van der Waals surface area contributed by atoms with Gasteiger partial charge in [0, 0.05) is 35.9 Å². The van der Waals surface area contributed by atoms with Crippen molar-refractivity contribution in [3.63, 3.8) is 0 Å². The van der Waals surface area contributed by atoms with Crippen LogP contribution in [0.5, 0.6) is 0 Å². The largest absolute Gasteiger partial charge is 0.264 e. The van der Waals surface area contributed by atoms with Crippen LogP contribution in [-0.2, 0) is 0 Å². The van der Waals surface area contributed by atoms with E-state index < -0.39 is 0 Å². The lowest BCUT2D eigenvalue weighted by atomic mass is 9.87. The Hall–Kier alpha value is -4.56. The van der Waals surface area contributed by atoms with E-state index in [9.17, 15) is 0 Å². The molecule has 0 fully saturated rings. The normalized spacial score (nSPS) is 11.5. The zero-order valence-electron chi connectivity index (χ0n) is 18.4. The third kappa shape index (κ3) is 2.89. The maximum absolute atomic E-state index is 4.35. The second-order valence-electron chi connectivity index (χ2n) is 8.71. The Morgan fingerprint density at radius 2 is 0.941 bits per heavy atom. The number of pyridine rings is 2. The van der Waals surface area contributed by atoms with Crippen LogP contribution < -0.4 is 0 Å². The Morgan fingerprint density at radius 1 is 0.412 bits per heavy atom. The highest BCUT2D eigenvalue weighted by atomic mass is 14.6. The molecule has 0 unspecified atom stereocenters. The van der Waals surface area contributed by atoms with E-state index in [1.807, 2.05) is 36.9 Å². The van der Waals surface area contributed by atoms with Crippen molar-refractivity contribution in [1.82, 2.24) is 9.97 Å². The molecule has 0 bridgehead atoms. The van der Waals surface area contributed by atoms with Gasteiger partial charge in [0.05, 0.1) is 0 Å². The highest BCUT2D eigenvalue weighted by Crippen LogP contribution is 2.42. The van der Waals surface area contributed by atoms with Gasteiger partial charge < -0.3 is 0 Å². The molecule has 2 nitrogen and oxygen atoms in total. The zero-order chi connectivity index (χ0) is 22.5. The van der Waals surface area contributed by atoms with Gasteiger partial charge in [-0.2, -0.15) is 0 Å². The van der Waals surface area contributed by atoms with Crippen LogP contribution in [0, 0.1) is 0 Å². The van der Waals surface area contributed by atoms with E-state index in [1.54, 1.807) is 0 Å². The van der Waals surface area contributed by atoms with Gasteiger partial charge >= 0.3 is 0 Å². The van der Waals surface area contributed by atoms with Gasteiger partial charge in [0.25, 0.3) is 0 Å². The average molecular weight is 433 g/mol. The molecule has 2 heteroatoms. The van der Waals surface area contributed by atoms with E-state index in [0.29, 0.717) is 0 Å². The number of aromatic nitrogens is 2. The molecule has 0 spiro atoms. The molecule has 158 valence electrons. The number of hydrogen-bond acceptors (Lipinski definition) is 2. The quantitative estimate of drug-likeness (QED) is 0.262. The highest BCUT2D eigenvalue weighted by molar-refractivity contribution is 6.27. The van der Waals surface area contributed by atoms with E-state index in [2.05, 4.69) is 94.9 Å². The first-order chi connectivity index (χ1) is 16.9. The van der Waals surface area contributed by atoms with Gasteiger partial charge in [0.15, 0.2) is 0 Å². The molecule has 0 aliphatic rings. The van der Waals surface area contributed by atoms with Crippen molar-refractivity contribution >= 4 is 32.3 Å². The molecule has 2 heterocycles. The minimum absolute atomic E-state index is 1.13. The third-order valence-electron chi connectivity index (χ3n) is 6.81. The molecule has 0 atom stereocenters. The first-order valence-electron chi connectivity index (χ1n) is 11.5. The molecule has 0 aliphatic heterocycles. The summed E-state index contributed by atoms with van der Waals surface area (Å²) >= 11 is 0. The summed E-state index contributed by atoms with van der Waals surface area (Å²) in [7, 11) is 0. The summed E-state index contributed by atoms with van der Waals surface area (Å²) in [5.74, 6) is 0. The Kier molecular flexibility index (Phi) is 4.18. The molecule has 0 saturated carbocycles. The van der Waals surface area contributed by atoms with Crippen molar-refractivity contribution < 1.29 is 0 Å². The minimum atomic E-state index is 1.13. The first-order valence-corrected chi connectivity index (χ1v) is 11.5. The number of nitrogens with zero attached hydrogens (tertiary/aromatic N) is 2. The van der Waals surface area contributed by atoms with Crippen LogP contribution in [0.15, 0.2) is 122 Å². The summed E-state index contributed by atoms with van der Waals surface area (Å²) in [5, 5.41) is 7.73. The summed E-state index contributed by atoms with van der Waals surface area (Å²) in [6, 6.07) is 35.0. The first kappa shape index (κ1) is 19.0. The lowest BCUT2D eigenvalue weighted by Crippen LogP contribution is -1.90. The van der Waals surface area contributed by atoms with Crippen LogP contribution in [0.3, 0.4) is 0 Å². The van der Waals surface area contributed by atoms with Crippen molar-refractivity contribution in [2.45, 2.75) is 0 Å². The van der Waals surface area contributed by atoms with Gasteiger partial charge in [-0.25, -0.2) is 0 Å². The van der Waals surface area contributed by atoms with Crippen LogP contribution >= 0.6 is 0 Å². The van der Waals surface area contributed by atoms with E-state index >= 15 is 0 Å². The fourth-order valence-electron chi connectivity index (χ4n) is 5.23. The smallest absolute Gasteiger partial charge is 0.0346 e. The number of benzene rings is 5. The van der Waals surface area contributed by atoms with Gasteiger partial charge in [0.1, 0.15) is 0 Å². The number of hydrogen-bond donors (Lipinski definition) is 0. The van der Waals surface area contributed by atoms with E-state index in [-0.39, 0.29) is 0 Å². The van der Waals surface area contributed by atoms with E-state index in [0.717, 1.165) is 11.1 Å². The molecule has 7 rings (SSSR count). The molecule has 0 amide bonds. The highest BCUT2D eigenvalue weighted by Gasteiger charge is 2.15. The minimum Gasteiger partial charge on any atom is -0.264 e. The van der Waals surface area contributed by atoms with Crippen LogP contribution in [0.1, 0.15) is 0 Å². The topological polar surface area (TPSA) is 25.8 Å². The van der Waals surface area contributed by atoms with Gasteiger partial charge in [0.2, 0.25) is 0 Å². The monoisotopic (exact) mass is 432 g/mol. The SMILES string of the molecule is c1cncc(-c2cccc(-c3ccc4ccc5ccc(-c6cccnc6)c6ccc3c4c56)c2)c1. The molecule has 7 aromatic rings. The Balaban J connectivity index is 1.51. The van der Waals surface area contributed by atoms with E-state index in [4.69, 9.17) is 0 Å². The molecule has 0 saturated heterocycles. The lowest BCUT2D eigenvalue weighted by molar-refractivity contribution is 1.33. The Morgan fingerprint density at radius 3 is 1.56 bits per heavy atom. The summed E-state index contributed by atoms with van der Waals surface area (Å²) in [5.41, 5.74) is 7.13. The maximum atomic E-state index is 4.35. The Labute approximate surface area is 197 Å². The maximum Gasteiger partial charge on any atom is 0.0346 e. The standard InChI is InChI=1S/C32H20N2/c1-4-23(25-6-2-16-33-19-25)18-24(5-1)27-12-10-21-8-9-22-11-13-28(26-7-3-17-34-20-26)30-15-14-29(27)31(21)32(22)30/h1-20H. The molecule has 0 aliphatic carbocycles. The van der Waals surface area contributed by atoms with Crippen molar-refractivity contribution in [2.75, 3.05) is 0 Å². The van der Waals surface area contributed by atoms with Crippen molar-refractivity contribution in [3.05, 3.63) is 122 Å². The lowest BCUT2D eigenvalue weighted by Gasteiger charge is -2.16. The summed E-state index contributed by atoms with van der Waals surface area (Å²) < 4.78 is 0. The van der Waals surface area contributed by atoms with Crippen LogP contribution in [0.2, 0.25) is 0 Å². The van der Waals surface area contributed by atoms with Crippen molar-refractivity contribution in [3.8, 4) is 33.4 Å². The predicted molar refractivity (Wildman–Crippen MR) is 142 cm³/mol. The van der Waals surface area contributed by atoms with Crippen LogP contribution in [0.25, 0.3) is 65.7 Å². The summed E-state index contributed by atoms with van der Waals surface area (Å²) in [4.78, 5) is 8.65. The van der Waals surface area contributed by atoms with E-state index in [1.165, 1.54) is 54.6 Å².